The van der Waals surface area contributed by atoms with E-state index in [1.807, 2.05) is 6.07 Å². The van der Waals surface area contributed by atoms with Crippen LogP contribution in [0.1, 0.15) is 17.2 Å². The number of aromatic hydroxyl groups is 1. The number of quaternary nitrogens is 1. The summed E-state index contributed by atoms with van der Waals surface area (Å²) in [6, 6.07) is 5.22. The van der Waals surface area contributed by atoms with E-state index in [4.69, 9.17) is 0 Å². The summed E-state index contributed by atoms with van der Waals surface area (Å²) in [5.41, 5.74) is 2.01. The van der Waals surface area contributed by atoms with Gasteiger partial charge in [-0.3, -0.25) is 0 Å². The molecule has 0 aliphatic carbocycles. The van der Waals surface area contributed by atoms with Gasteiger partial charge < -0.3 is 27.5 Å². The van der Waals surface area contributed by atoms with E-state index in [1.165, 1.54) is 4.90 Å². The molecule has 3 N–H and O–H groups in total. The third-order valence-electron chi connectivity index (χ3n) is 2.52. The molecule has 0 aromatic heterocycles. The molecule has 3 nitrogen and oxygen atoms in total. The highest BCUT2D eigenvalue weighted by molar-refractivity contribution is 5.36. The highest BCUT2D eigenvalue weighted by Crippen LogP contribution is 2.23. The smallest absolute Gasteiger partial charge is 0.128 e. The Morgan fingerprint density at radius 2 is 2.14 bits per heavy atom. The number of phenolic OH excluding ortho intramolecular Hbond substituents is 1. The zero-order chi connectivity index (χ0) is 9.42. The second-order valence-electron chi connectivity index (χ2n) is 3.74. The topological polar surface area (TPSA) is 44.9 Å². The first-order valence-electron chi connectivity index (χ1n) is 4.48. The minimum absolute atomic E-state index is 0. The molecule has 0 amide bonds. The van der Waals surface area contributed by atoms with Crippen LogP contribution in [-0.4, -0.2) is 23.8 Å². The third-order valence-corrected chi connectivity index (χ3v) is 2.52. The van der Waals surface area contributed by atoms with Gasteiger partial charge in [-0.1, -0.05) is 0 Å². The highest BCUT2D eigenvalue weighted by atomic mass is 35.5. The number of hydrogen-bond donors (Lipinski definition) is 3. The summed E-state index contributed by atoms with van der Waals surface area (Å²) in [4.78, 5) is 1.30. The van der Waals surface area contributed by atoms with Crippen molar-refractivity contribution in [2.45, 2.75) is 12.6 Å². The molecule has 0 fully saturated rings. The van der Waals surface area contributed by atoms with Crippen molar-refractivity contribution in [3.05, 3.63) is 29.3 Å². The molecule has 0 saturated carbocycles. The average Bonchev–Trinajstić information content (AvgIpc) is 2.06. The molecule has 0 saturated heterocycles. The molecule has 1 aliphatic rings. The maximum absolute atomic E-state index is 9.72. The Morgan fingerprint density at radius 3 is 2.86 bits per heavy atom. The molecule has 2 rings (SSSR count). The molecule has 1 heterocycles. The molecule has 1 aliphatic heterocycles. The minimum Gasteiger partial charge on any atom is -1.00 e. The van der Waals surface area contributed by atoms with Crippen molar-refractivity contribution in [3.63, 3.8) is 0 Å². The first kappa shape index (κ1) is 11.3. The Bertz CT molecular complexity index is 330. The van der Waals surface area contributed by atoms with Gasteiger partial charge in [0.15, 0.2) is 0 Å². The summed E-state index contributed by atoms with van der Waals surface area (Å²) in [7, 11) is 2.05. The van der Waals surface area contributed by atoms with Gasteiger partial charge >= 0.3 is 0 Å². The predicted octanol–water partition coefficient (Wildman–Crippen LogP) is -3.54. The standard InChI is InChI=1S/C10H13NO2.ClH/c1-11-5-7-2-3-8(12)4-9(7)10(13)6-11;/h2-4,10,12-13H,5-6H2,1H3;1H. The molecule has 0 radical (unpaired) electrons. The van der Waals surface area contributed by atoms with Crippen LogP contribution in [0.3, 0.4) is 0 Å². The van der Waals surface area contributed by atoms with Crippen LogP contribution in [-0.2, 0) is 6.54 Å². The summed E-state index contributed by atoms with van der Waals surface area (Å²) in [6.07, 6.45) is -0.434. The zero-order valence-electron chi connectivity index (χ0n) is 8.00. The number of fused-ring (bicyclic) bond motifs is 1. The van der Waals surface area contributed by atoms with E-state index < -0.39 is 6.10 Å². The number of phenols is 1. The van der Waals surface area contributed by atoms with E-state index in [1.54, 1.807) is 12.1 Å². The molecule has 1 aromatic rings. The average molecular weight is 216 g/mol. The predicted molar refractivity (Wildman–Crippen MR) is 48.5 cm³/mol. The number of likely N-dealkylation sites (N-methyl/N-ethyl adjacent to an activating group) is 1. The highest BCUT2D eigenvalue weighted by Gasteiger charge is 2.24. The molecule has 4 heteroatoms. The largest absolute Gasteiger partial charge is 1.00 e. The number of benzene rings is 1. The van der Waals surface area contributed by atoms with Crippen LogP contribution in [0.5, 0.6) is 5.75 Å². The van der Waals surface area contributed by atoms with Crippen molar-refractivity contribution in [1.29, 1.82) is 0 Å². The number of halogens is 1. The van der Waals surface area contributed by atoms with Crippen LogP contribution in [0.25, 0.3) is 0 Å². The lowest BCUT2D eigenvalue weighted by molar-refractivity contribution is -0.900. The monoisotopic (exact) mass is 215 g/mol. The third kappa shape index (κ3) is 2.00. The second kappa shape index (κ2) is 4.17. The van der Waals surface area contributed by atoms with Gasteiger partial charge in [0, 0.05) is 5.56 Å². The Balaban J connectivity index is 0.000000980. The van der Waals surface area contributed by atoms with Crippen molar-refractivity contribution in [3.8, 4) is 5.75 Å². The molecule has 1 aromatic carbocycles. The van der Waals surface area contributed by atoms with E-state index in [2.05, 4.69) is 7.05 Å². The first-order valence-corrected chi connectivity index (χ1v) is 4.48. The first-order chi connectivity index (χ1) is 6.16. The summed E-state index contributed by atoms with van der Waals surface area (Å²) in [6.45, 7) is 1.64. The number of nitrogens with one attached hydrogen (secondary N) is 1. The lowest BCUT2D eigenvalue weighted by Crippen LogP contribution is -3.09. The SMILES string of the molecule is C[NH+]1Cc2ccc(O)cc2C(O)C1.[Cl-]. The molecule has 2 atom stereocenters. The fourth-order valence-corrected chi connectivity index (χ4v) is 1.89. The van der Waals surface area contributed by atoms with Crippen LogP contribution in [0.2, 0.25) is 0 Å². The van der Waals surface area contributed by atoms with Crippen molar-refractivity contribution in [2.75, 3.05) is 13.6 Å². The summed E-state index contributed by atoms with van der Waals surface area (Å²) < 4.78 is 0. The van der Waals surface area contributed by atoms with Crippen LogP contribution in [0.4, 0.5) is 0 Å². The van der Waals surface area contributed by atoms with Gasteiger partial charge in [0.1, 0.15) is 24.9 Å². The van der Waals surface area contributed by atoms with Gasteiger partial charge in [-0.15, -0.1) is 0 Å². The quantitative estimate of drug-likeness (QED) is 0.420. The Kier molecular flexibility index (Phi) is 3.37. The van der Waals surface area contributed by atoms with Gasteiger partial charge in [-0.05, 0) is 23.8 Å². The van der Waals surface area contributed by atoms with Crippen molar-refractivity contribution >= 4 is 0 Å². The molecule has 0 bridgehead atoms. The molecule has 0 spiro atoms. The Hall–Kier alpha value is -0.770. The summed E-state index contributed by atoms with van der Waals surface area (Å²) >= 11 is 0. The van der Waals surface area contributed by atoms with Crippen molar-refractivity contribution in [2.24, 2.45) is 0 Å². The van der Waals surface area contributed by atoms with Crippen molar-refractivity contribution < 1.29 is 27.5 Å². The Morgan fingerprint density at radius 1 is 1.43 bits per heavy atom. The zero-order valence-corrected chi connectivity index (χ0v) is 8.75. The maximum Gasteiger partial charge on any atom is 0.128 e. The van der Waals surface area contributed by atoms with Crippen LogP contribution < -0.4 is 17.3 Å². The van der Waals surface area contributed by atoms with Gasteiger partial charge in [0.25, 0.3) is 0 Å². The summed E-state index contributed by atoms with van der Waals surface area (Å²) in [5, 5.41) is 19.0. The van der Waals surface area contributed by atoms with Crippen LogP contribution >= 0.6 is 0 Å². The van der Waals surface area contributed by atoms with E-state index in [-0.39, 0.29) is 18.2 Å². The lowest BCUT2D eigenvalue weighted by Gasteiger charge is -2.26. The fraction of sp³-hybridized carbons (Fsp3) is 0.400. The van der Waals surface area contributed by atoms with E-state index >= 15 is 0 Å². The second-order valence-corrected chi connectivity index (χ2v) is 3.74. The molecule has 2 unspecified atom stereocenters. The van der Waals surface area contributed by atoms with Gasteiger partial charge in [0.2, 0.25) is 0 Å². The number of rotatable bonds is 0. The fourth-order valence-electron chi connectivity index (χ4n) is 1.89. The number of aliphatic hydroxyl groups excluding tert-OH is 1. The molecule has 14 heavy (non-hydrogen) atoms. The van der Waals surface area contributed by atoms with E-state index in [0.717, 1.165) is 24.2 Å². The van der Waals surface area contributed by atoms with Crippen LogP contribution in [0.15, 0.2) is 18.2 Å². The molecular formula is C10H14ClNO2. The maximum atomic E-state index is 9.72. The molecule has 78 valence electrons. The molecular weight excluding hydrogens is 202 g/mol. The van der Waals surface area contributed by atoms with Gasteiger partial charge in [-0.2, -0.15) is 0 Å². The Labute approximate surface area is 89.4 Å². The normalized spacial score (nSPS) is 25.0. The van der Waals surface area contributed by atoms with Crippen molar-refractivity contribution in [1.82, 2.24) is 0 Å². The summed E-state index contributed by atoms with van der Waals surface area (Å²) in [5.74, 6) is 0.234. The lowest BCUT2D eigenvalue weighted by atomic mass is 9.97. The van der Waals surface area contributed by atoms with Gasteiger partial charge in [-0.25, -0.2) is 0 Å². The van der Waals surface area contributed by atoms with Crippen LogP contribution in [0, 0.1) is 0 Å². The van der Waals surface area contributed by atoms with E-state index in [0.29, 0.717) is 0 Å². The van der Waals surface area contributed by atoms with E-state index in [9.17, 15) is 10.2 Å². The van der Waals surface area contributed by atoms with Gasteiger partial charge in [0.05, 0.1) is 7.05 Å². The number of aliphatic hydroxyl groups is 1. The number of hydrogen-bond acceptors (Lipinski definition) is 2. The minimum atomic E-state index is -0.434.